The number of aromatic nitrogens is 3. The summed E-state index contributed by atoms with van der Waals surface area (Å²) >= 11 is 0. The molecule has 5 rings (SSSR count). The maximum Gasteiger partial charge on any atom is 0.416 e. The standard InChI is InChI=1S/C28H23F3N6O/c1-36(2)25-11-8-20(16-32-25)19-12-13-37-24(17-33-26(37)14-19)18-6-9-22(10-7-18)34-27(38)35-23-5-3-4-21(15-23)28(29,30)31/h3-17H,1-2H3,(H2,34,35,38). The summed E-state index contributed by atoms with van der Waals surface area (Å²) in [5.41, 5.74) is 4.21. The van der Waals surface area contributed by atoms with Crippen LogP contribution in [-0.4, -0.2) is 34.5 Å². The number of benzene rings is 2. The quantitative estimate of drug-likeness (QED) is 0.270. The number of hydrogen-bond acceptors (Lipinski definition) is 4. The summed E-state index contributed by atoms with van der Waals surface area (Å²) in [6.07, 6.45) is 1.06. The van der Waals surface area contributed by atoms with E-state index in [1.54, 1.807) is 18.3 Å². The normalized spacial score (nSPS) is 11.4. The molecular formula is C28H23F3N6O. The van der Waals surface area contributed by atoms with Crippen molar-refractivity contribution < 1.29 is 18.0 Å². The molecule has 192 valence electrons. The van der Waals surface area contributed by atoms with Crippen LogP contribution >= 0.6 is 0 Å². The first kappa shape index (κ1) is 24.8. The third-order valence-corrected chi connectivity index (χ3v) is 5.94. The molecule has 0 bridgehead atoms. The van der Waals surface area contributed by atoms with E-state index in [0.29, 0.717) is 5.69 Å². The lowest BCUT2D eigenvalue weighted by Gasteiger charge is -2.11. The zero-order chi connectivity index (χ0) is 26.9. The lowest BCUT2D eigenvalue weighted by molar-refractivity contribution is -0.137. The van der Waals surface area contributed by atoms with Crippen LogP contribution in [0.25, 0.3) is 28.0 Å². The minimum absolute atomic E-state index is 0.0449. The molecule has 3 heterocycles. The van der Waals surface area contributed by atoms with Crippen molar-refractivity contribution in [2.45, 2.75) is 6.18 Å². The molecule has 5 aromatic rings. The second-order valence-corrected chi connectivity index (χ2v) is 8.82. The minimum Gasteiger partial charge on any atom is -0.363 e. The highest BCUT2D eigenvalue weighted by atomic mass is 19.4. The van der Waals surface area contributed by atoms with Crippen molar-refractivity contribution in [2.24, 2.45) is 0 Å². The number of nitrogens with one attached hydrogen (secondary N) is 2. The van der Waals surface area contributed by atoms with Gasteiger partial charge in [0.2, 0.25) is 0 Å². The number of pyridine rings is 2. The van der Waals surface area contributed by atoms with Crippen LogP contribution in [0.1, 0.15) is 5.56 Å². The van der Waals surface area contributed by atoms with Crippen LogP contribution in [0.5, 0.6) is 0 Å². The highest BCUT2D eigenvalue weighted by Crippen LogP contribution is 2.31. The third-order valence-electron chi connectivity index (χ3n) is 5.94. The number of carbonyl (C=O) groups is 1. The van der Waals surface area contributed by atoms with Gasteiger partial charge >= 0.3 is 12.2 Å². The maximum absolute atomic E-state index is 12.9. The Bertz CT molecular complexity index is 1590. The van der Waals surface area contributed by atoms with Crippen LogP contribution in [0.4, 0.5) is 35.2 Å². The Morgan fingerprint density at radius 1 is 0.816 bits per heavy atom. The second kappa shape index (κ2) is 9.89. The molecule has 0 aliphatic rings. The average Bonchev–Trinajstić information content (AvgIpc) is 3.32. The SMILES string of the molecule is CN(C)c1ccc(-c2ccn3c(-c4ccc(NC(=O)Nc5cccc(C(F)(F)F)c5)cc4)cnc3c2)cn1. The number of urea groups is 1. The second-order valence-electron chi connectivity index (χ2n) is 8.82. The Labute approximate surface area is 216 Å². The van der Waals surface area contributed by atoms with Gasteiger partial charge in [0.25, 0.3) is 0 Å². The van der Waals surface area contributed by atoms with E-state index in [-0.39, 0.29) is 5.69 Å². The van der Waals surface area contributed by atoms with Crippen molar-refractivity contribution in [3.63, 3.8) is 0 Å². The summed E-state index contributed by atoms with van der Waals surface area (Å²) in [4.78, 5) is 23.3. The topological polar surface area (TPSA) is 74.6 Å². The molecule has 0 aliphatic carbocycles. The number of halogens is 3. The van der Waals surface area contributed by atoms with E-state index in [1.165, 1.54) is 12.1 Å². The van der Waals surface area contributed by atoms with Crippen molar-refractivity contribution in [1.29, 1.82) is 0 Å². The molecule has 0 atom stereocenters. The Morgan fingerprint density at radius 3 is 2.24 bits per heavy atom. The predicted octanol–water partition coefficient (Wildman–Crippen LogP) is 6.79. The number of rotatable bonds is 5. The summed E-state index contributed by atoms with van der Waals surface area (Å²) in [5, 5.41) is 5.06. The van der Waals surface area contributed by atoms with Gasteiger partial charge in [0.15, 0.2) is 0 Å². The molecule has 38 heavy (non-hydrogen) atoms. The molecule has 2 aromatic carbocycles. The third kappa shape index (κ3) is 5.29. The summed E-state index contributed by atoms with van der Waals surface area (Å²) < 4.78 is 40.7. The monoisotopic (exact) mass is 516 g/mol. The summed E-state index contributed by atoms with van der Waals surface area (Å²) in [5.74, 6) is 0.879. The molecule has 0 aliphatic heterocycles. The van der Waals surface area contributed by atoms with Gasteiger partial charge in [-0.25, -0.2) is 14.8 Å². The Hall–Kier alpha value is -4.86. The van der Waals surface area contributed by atoms with Crippen molar-refractivity contribution in [3.8, 4) is 22.4 Å². The Morgan fingerprint density at radius 2 is 1.55 bits per heavy atom. The molecule has 0 saturated heterocycles. The highest BCUT2D eigenvalue weighted by molar-refractivity contribution is 5.99. The largest absolute Gasteiger partial charge is 0.416 e. The van der Waals surface area contributed by atoms with Gasteiger partial charge in [-0.2, -0.15) is 13.2 Å². The summed E-state index contributed by atoms with van der Waals surface area (Å²) in [6, 6.07) is 18.9. The van der Waals surface area contributed by atoms with Crippen LogP contribution in [0.3, 0.4) is 0 Å². The molecule has 0 fully saturated rings. The fourth-order valence-corrected chi connectivity index (χ4v) is 3.99. The fourth-order valence-electron chi connectivity index (χ4n) is 3.99. The molecular weight excluding hydrogens is 493 g/mol. The first-order valence-corrected chi connectivity index (χ1v) is 11.6. The van der Waals surface area contributed by atoms with Gasteiger partial charge < -0.3 is 15.5 Å². The van der Waals surface area contributed by atoms with Gasteiger partial charge in [-0.15, -0.1) is 0 Å². The number of nitrogens with zero attached hydrogens (tertiary/aromatic N) is 4. The van der Waals surface area contributed by atoms with E-state index in [0.717, 1.165) is 46.0 Å². The average molecular weight is 517 g/mol. The number of hydrogen-bond donors (Lipinski definition) is 2. The molecule has 10 heteroatoms. The smallest absolute Gasteiger partial charge is 0.363 e. The van der Waals surface area contributed by atoms with E-state index in [9.17, 15) is 18.0 Å². The van der Waals surface area contributed by atoms with Gasteiger partial charge in [-0.3, -0.25) is 4.40 Å². The van der Waals surface area contributed by atoms with Crippen LogP contribution in [0.2, 0.25) is 0 Å². The van der Waals surface area contributed by atoms with E-state index in [4.69, 9.17) is 0 Å². The highest BCUT2D eigenvalue weighted by Gasteiger charge is 2.30. The van der Waals surface area contributed by atoms with E-state index < -0.39 is 17.8 Å². The van der Waals surface area contributed by atoms with Gasteiger partial charge in [-0.1, -0.05) is 18.2 Å². The lowest BCUT2D eigenvalue weighted by atomic mass is 10.1. The zero-order valence-corrected chi connectivity index (χ0v) is 20.5. The number of carbonyl (C=O) groups excluding carboxylic acids is 1. The van der Waals surface area contributed by atoms with Gasteiger partial charge in [0.05, 0.1) is 17.5 Å². The first-order chi connectivity index (χ1) is 18.2. The van der Waals surface area contributed by atoms with Crippen LogP contribution < -0.4 is 15.5 Å². The lowest BCUT2D eigenvalue weighted by Crippen LogP contribution is -2.19. The molecule has 3 aromatic heterocycles. The number of fused-ring (bicyclic) bond motifs is 1. The van der Waals surface area contributed by atoms with Crippen molar-refractivity contribution in [3.05, 3.63) is 97.0 Å². The molecule has 7 nitrogen and oxygen atoms in total. The minimum atomic E-state index is -4.49. The molecule has 0 radical (unpaired) electrons. The zero-order valence-electron chi connectivity index (χ0n) is 20.5. The maximum atomic E-state index is 12.9. The van der Waals surface area contributed by atoms with E-state index in [1.807, 2.05) is 72.2 Å². The Kier molecular flexibility index (Phi) is 6.46. The van der Waals surface area contributed by atoms with E-state index >= 15 is 0 Å². The molecule has 0 unspecified atom stereocenters. The summed E-state index contributed by atoms with van der Waals surface area (Å²) in [7, 11) is 3.89. The van der Waals surface area contributed by atoms with Crippen molar-refractivity contribution >= 4 is 28.9 Å². The van der Waals surface area contributed by atoms with E-state index in [2.05, 4.69) is 20.6 Å². The Balaban J connectivity index is 1.29. The van der Waals surface area contributed by atoms with Gasteiger partial charge in [0, 0.05) is 49.0 Å². The number of anilines is 3. The predicted molar refractivity (Wildman–Crippen MR) is 142 cm³/mol. The molecule has 2 N–H and O–H groups in total. The number of alkyl halides is 3. The fraction of sp³-hybridized carbons (Fsp3) is 0.107. The van der Waals surface area contributed by atoms with Crippen LogP contribution in [-0.2, 0) is 6.18 Å². The number of amides is 2. The number of imidazole rings is 1. The van der Waals surface area contributed by atoms with Crippen molar-refractivity contribution in [1.82, 2.24) is 14.4 Å². The molecule has 2 amide bonds. The first-order valence-electron chi connectivity index (χ1n) is 11.6. The molecule has 0 spiro atoms. The summed E-state index contributed by atoms with van der Waals surface area (Å²) in [6.45, 7) is 0. The van der Waals surface area contributed by atoms with Crippen LogP contribution in [0.15, 0.2) is 91.4 Å². The van der Waals surface area contributed by atoms with Gasteiger partial charge in [0.1, 0.15) is 11.5 Å². The van der Waals surface area contributed by atoms with Crippen LogP contribution in [0, 0.1) is 0 Å². The molecule has 0 saturated carbocycles. The van der Waals surface area contributed by atoms with Gasteiger partial charge in [-0.05, 0) is 60.2 Å². The van der Waals surface area contributed by atoms with Crippen molar-refractivity contribution in [2.75, 3.05) is 29.6 Å².